The zero-order valence-electron chi connectivity index (χ0n) is 14.4. The number of aliphatic carboxylic acids is 1. The molecule has 0 aliphatic rings. The van der Waals surface area contributed by atoms with Crippen LogP contribution in [0.25, 0.3) is 5.57 Å². The minimum Gasteiger partial charge on any atom is -0.493 e. The largest absolute Gasteiger partial charge is 0.493 e. The van der Waals surface area contributed by atoms with E-state index in [-0.39, 0.29) is 12.2 Å². The van der Waals surface area contributed by atoms with Crippen LogP contribution in [0, 0.1) is 0 Å². The third-order valence-corrected chi connectivity index (χ3v) is 3.37. The Kier molecular flexibility index (Phi) is 7.04. The van der Waals surface area contributed by atoms with E-state index >= 15 is 0 Å². The van der Waals surface area contributed by atoms with Gasteiger partial charge in [-0.25, -0.2) is 4.79 Å². The van der Waals surface area contributed by atoms with Crippen LogP contribution in [0.5, 0.6) is 17.2 Å². The number of rotatable bonds is 9. The molecule has 0 aromatic heterocycles. The molecule has 0 bridgehead atoms. The number of carboxylic acid groups (broad SMARTS) is 1. The highest BCUT2D eigenvalue weighted by Crippen LogP contribution is 2.31. The lowest BCUT2D eigenvalue weighted by molar-refractivity contribution is -0.130. The number of ether oxygens (including phenoxy) is 3. The minimum atomic E-state index is -1.03. The first-order chi connectivity index (χ1) is 12.2. The van der Waals surface area contributed by atoms with Crippen molar-refractivity contribution in [1.82, 2.24) is 0 Å². The Labute approximate surface area is 147 Å². The standard InChI is InChI=1S/C20H22O5/c1-3-12-24-15-7-6-8-16(14-15)25-19-10-5-4-9-17(19)18(20(21)22)11-13-23-2/h4-11,14H,3,12-13H2,1-2H3,(H,21,22)/b18-11+. The molecule has 2 aromatic carbocycles. The molecular weight excluding hydrogens is 320 g/mol. The summed E-state index contributed by atoms with van der Waals surface area (Å²) in [6, 6.07) is 14.3. The topological polar surface area (TPSA) is 65.0 Å². The van der Waals surface area contributed by atoms with E-state index in [0.717, 1.165) is 6.42 Å². The van der Waals surface area contributed by atoms with E-state index in [2.05, 4.69) is 0 Å². The van der Waals surface area contributed by atoms with E-state index < -0.39 is 5.97 Å². The fraction of sp³-hybridized carbons (Fsp3) is 0.250. The monoisotopic (exact) mass is 342 g/mol. The smallest absolute Gasteiger partial charge is 0.336 e. The maximum Gasteiger partial charge on any atom is 0.336 e. The van der Waals surface area contributed by atoms with Crippen LogP contribution in [0.15, 0.2) is 54.6 Å². The third-order valence-electron chi connectivity index (χ3n) is 3.37. The quantitative estimate of drug-likeness (QED) is 0.685. The minimum absolute atomic E-state index is 0.135. The number of methoxy groups -OCH3 is 1. The molecule has 0 atom stereocenters. The summed E-state index contributed by atoms with van der Waals surface area (Å²) < 4.78 is 16.5. The SMILES string of the molecule is CCCOc1cccc(Oc2ccccc2/C(=C\COC)C(=O)O)c1. The Bertz CT molecular complexity index is 736. The van der Waals surface area contributed by atoms with Crippen molar-refractivity contribution in [3.8, 4) is 17.2 Å². The number of benzene rings is 2. The lowest BCUT2D eigenvalue weighted by atomic mass is 10.0. The summed E-state index contributed by atoms with van der Waals surface area (Å²) in [4.78, 5) is 11.6. The lowest BCUT2D eigenvalue weighted by Crippen LogP contribution is -2.03. The molecule has 5 heteroatoms. The zero-order chi connectivity index (χ0) is 18.1. The summed E-state index contributed by atoms with van der Waals surface area (Å²) in [5, 5.41) is 9.49. The maximum absolute atomic E-state index is 11.6. The molecule has 0 fully saturated rings. The van der Waals surface area contributed by atoms with Crippen LogP contribution < -0.4 is 9.47 Å². The van der Waals surface area contributed by atoms with Crippen molar-refractivity contribution in [2.75, 3.05) is 20.3 Å². The van der Waals surface area contributed by atoms with Gasteiger partial charge in [0, 0.05) is 18.7 Å². The van der Waals surface area contributed by atoms with Crippen LogP contribution in [-0.4, -0.2) is 31.4 Å². The average Bonchev–Trinajstić information content (AvgIpc) is 2.61. The first-order valence-electron chi connectivity index (χ1n) is 8.08. The van der Waals surface area contributed by atoms with E-state index in [4.69, 9.17) is 14.2 Å². The Hall–Kier alpha value is -2.79. The molecule has 0 saturated carbocycles. The third kappa shape index (κ3) is 5.36. The highest BCUT2D eigenvalue weighted by molar-refractivity contribution is 6.16. The van der Waals surface area contributed by atoms with Crippen molar-refractivity contribution in [1.29, 1.82) is 0 Å². The van der Waals surface area contributed by atoms with Gasteiger partial charge >= 0.3 is 5.97 Å². The fourth-order valence-corrected chi connectivity index (χ4v) is 2.23. The van der Waals surface area contributed by atoms with Crippen molar-refractivity contribution in [2.45, 2.75) is 13.3 Å². The summed E-state index contributed by atoms with van der Waals surface area (Å²) in [6.07, 6.45) is 2.44. The van der Waals surface area contributed by atoms with Crippen molar-refractivity contribution < 1.29 is 24.1 Å². The van der Waals surface area contributed by atoms with Crippen LogP contribution in [0.1, 0.15) is 18.9 Å². The Morgan fingerprint density at radius 1 is 1.12 bits per heavy atom. The molecule has 0 saturated heterocycles. The predicted octanol–water partition coefficient (Wildman–Crippen LogP) is 4.38. The van der Waals surface area contributed by atoms with Crippen LogP contribution in [0.4, 0.5) is 0 Å². The molecule has 0 radical (unpaired) electrons. The molecule has 132 valence electrons. The molecule has 2 rings (SSSR count). The molecule has 2 aromatic rings. The predicted molar refractivity (Wildman–Crippen MR) is 96.2 cm³/mol. The van der Waals surface area contributed by atoms with Gasteiger partial charge in [0.05, 0.1) is 18.8 Å². The summed E-state index contributed by atoms with van der Waals surface area (Å²) in [6.45, 7) is 2.87. The van der Waals surface area contributed by atoms with E-state index in [1.807, 2.05) is 19.1 Å². The van der Waals surface area contributed by atoms with Gasteiger partial charge < -0.3 is 19.3 Å². The van der Waals surface area contributed by atoms with Crippen molar-refractivity contribution in [3.05, 3.63) is 60.2 Å². The first-order valence-corrected chi connectivity index (χ1v) is 8.08. The van der Waals surface area contributed by atoms with Crippen LogP contribution >= 0.6 is 0 Å². The Balaban J connectivity index is 2.30. The molecule has 5 nitrogen and oxygen atoms in total. The van der Waals surface area contributed by atoms with Gasteiger partial charge in [-0.05, 0) is 30.7 Å². The fourth-order valence-electron chi connectivity index (χ4n) is 2.23. The average molecular weight is 342 g/mol. The zero-order valence-corrected chi connectivity index (χ0v) is 14.4. The van der Waals surface area contributed by atoms with Gasteiger partial charge in [0.1, 0.15) is 17.2 Å². The van der Waals surface area contributed by atoms with Crippen LogP contribution in [0.3, 0.4) is 0 Å². The second-order valence-corrected chi connectivity index (χ2v) is 5.30. The molecule has 0 spiro atoms. The Morgan fingerprint density at radius 3 is 2.60 bits per heavy atom. The van der Waals surface area contributed by atoms with E-state index in [0.29, 0.717) is 29.4 Å². The highest BCUT2D eigenvalue weighted by atomic mass is 16.5. The Morgan fingerprint density at radius 2 is 1.88 bits per heavy atom. The molecule has 0 heterocycles. The number of carboxylic acids is 1. The van der Waals surface area contributed by atoms with E-state index in [9.17, 15) is 9.90 Å². The van der Waals surface area contributed by atoms with Gasteiger partial charge in [-0.15, -0.1) is 0 Å². The molecule has 0 amide bonds. The maximum atomic E-state index is 11.6. The van der Waals surface area contributed by atoms with E-state index in [1.165, 1.54) is 13.2 Å². The normalized spacial score (nSPS) is 11.2. The number of carbonyl (C=O) groups is 1. The van der Waals surface area contributed by atoms with Crippen molar-refractivity contribution in [3.63, 3.8) is 0 Å². The molecule has 25 heavy (non-hydrogen) atoms. The second-order valence-electron chi connectivity index (χ2n) is 5.30. The molecule has 1 N–H and O–H groups in total. The summed E-state index contributed by atoms with van der Waals surface area (Å²) in [7, 11) is 1.51. The van der Waals surface area contributed by atoms with E-state index in [1.54, 1.807) is 36.4 Å². The number of para-hydroxylation sites is 1. The van der Waals surface area contributed by atoms with Gasteiger partial charge in [-0.2, -0.15) is 0 Å². The summed E-state index contributed by atoms with van der Waals surface area (Å²) >= 11 is 0. The first kappa shape index (κ1) is 18.5. The molecular formula is C20H22O5. The van der Waals surface area contributed by atoms with Gasteiger partial charge in [0.25, 0.3) is 0 Å². The molecule has 0 unspecified atom stereocenters. The van der Waals surface area contributed by atoms with Crippen LogP contribution in [-0.2, 0) is 9.53 Å². The van der Waals surface area contributed by atoms with Gasteiger partial charge in [-0.3, -0.25) is 0 Å². The summed E-state index contributed by atoms with van der Waals surface area (Å²) in [5.74, 6) is 0.718. The van der Waals surface area contributed by atoms with Gasteiger partial charge in [-0.1, -0.05) is 31.2 Å². The van der Waals surface area contributed by atoms with Crippen LogP contribution in [0.2, 0.25) is 0 Å². The number of hydrogen-bond donors (Lipinski definition) is 1. The highest BCUT2D eigenvalue weighted by Gasteiger charge is 2.15. The van der Waals surface area contributed by atoms with Crippen molar-refractivity contribution in [2.24, 2.45) is 0 Å². The second kappa shape index (κ2) is 9.49. The summed E-state index contributed by atoms with van der Waals surface area (Å²) in [5.41, 5.74) is 0.628. The van der Waals surface area contributed by atoms with Gasteiger partial charge in [0.15, 0.2) is 0 Å². The van der Waals surface area contributed by atoms with Crippen molar-refractivity contribution >= 4 is 11.5 Å². The number of hydrogen-bond acceptors (Lipinski definition) is 4. The molecule has 0 aliphatic carbocycles. The lowest BCUT2D eigenvalue weighted by Gasteiger charge is -2.13. The van der Waals surface area contributed by atoms with Gasteiger partial charge in [0.2, 0.25) is 0 Å². The molecule has 0 aliphatic heterocycles.